The van der Waals surface area contributed by atoms with E-state index in [4.69, 9.17) is 5.73 Å². The fraction of sp³-hybridized carbons (Fsp3) is 0.850. The van der Waals surface area contributed by atoms with Crippen LogP contribution >= 0.6 is 0 Å². The summed E-state index contributed by atoms with van der Waals surface area (Å²) in [5.41, 5.74) is 5.11. The van der Waals surface area contributed by atoms with E-state index < -0.39 is 0 Å². The van der Waals surface area contributed by atoms with E-state index >= 15 is 0 Å². The average Bonchev–Trinajstić information content (AvgIpc) is 2.50. The van der Waals surface area contributed by atoms with Crippen LogP contribution in [0.25, 0.3) is 0 Å². The number of nitrogens with two attached hydrogens (primary N) is 1. The predicted molar refractivity (Wildman–Crippen MR) is 99.0 cm³/mol. The molecule has 0 aromatic rings. The van der Waals surface area contributed by atoms with Crippen LogP contribution in [0.4, 0.5) is 0 Å². The summed E-state index contributed by atoms with van der Waals surface area (Å²) in [5, 5.41) is 0. The van der Waals surface area contributed by atoms with E-state index in [1.165, 1.54) is 83.5 Å². The number of amides is 1. The number of rotatable bonds is 17. The number of primary amides is 1. The van der Waals surface area contributed by atoms with Gasteiger partial charge in [0.15, 0.2) is 0 Å². The molecule has 0 aliphatic heterocycles. The van der Waals surface area contributed by atoms with Crippen molar-refractivity contribution < 1.29 is 57.6 Å². The first-order chi connectivity index (χ1) is 10.8. The Balaban J connectivity index is -0.00000220. The van der Waals surface area contributed by atoms with Crippen molar-refractivity contribution in [3.63, 3.8) is 0 Å². The maximum Gasteiger partial charge on any atom is 1.00 e. The summed E-state index contributed by atoms with van der Waals surface area (Å²) in [5.74, 6) is -0.159. The van der Waals surface area contributed by atoms with Crippen LogP contribution in [0.1, 0.15) is 111 Å². The largest absolute Gasteiger partial charge is 1.00 e. The van der Waals surface area contributed by atoms with Gasteiger partial charge in [0.1, 0.15) is 0 Å². The average molecular weight is 350 g/mol. The first kappa shape index (κ1) is 26.1. The van der Waals surface area contributed by atoms with Crippen molar-refractivity contribution in [2.24, 2.45) is 5.73 Å². The van der Waals surface area contributed by atoms with Crippen LogP contribution in [0, 0.1) is 0 Å². The molecule has 0 aromatic carbocycles. The van der Waals surface area contributed by atoms with E-state index in [1.807, 2.05) is 0 Å². The predicted octanol–water partition coefficient (Wildman–Crippen LogP) is 3.41. The van der Waals surface area contributed by atoms with Gasteiger partial charge in [0, 0.05) is 6.42 Å². The first-order valence-corrected chi connectivity index (χ1v) is 9.70. The molecule has 0 fully saturated rings. The minimum Gasteiger partial charge on any atom is -1.00 e. The molecule has 0 aliphatic rings. The van der Waals surface area contributed by atoms with Gasteiger partial charge in [0.2, 0.25) is 5.91 Å². The minimum atomic E-state index is -0.159. The van der Waals surface area contributed by atoms with Gasteiger partial charge in [0.25, 0.3) is 0 Å². The topological polar surface area (TPSA) is 43.1 Å². The molecule has 0 rings (SSSR count). The van der Waals surface area contributed by atoms with Gasteiger partial charge in [-0.05, 0) is 32.1 Å². The molecule has 0 saturated heterocycles. The molecular weight excluding hydrogens is 309 g/mol. The summed E-state index contributed by atoms with van der Waals surface area (Å²) < 4.78 is 0. The molecular formula is C20H40KNO. The van der Waals surface area contributed by atoms with Crippen molar-refractivity contribution in [3.05, 3.63) is 12.2 Å². The second-order valence-electron chi connectivity index (χ2n) is 6.51. The van der Waals surface area contributed by atoms with Crippen molar-refractivity contribution in [2.45, 2.75) is 110 Å². The molecule has 0 radical (unpaired) electrons. The van der Waals surface area contributed by atoms with Crippen LogP contribution in [-0.4, -0.2) is 5.91 Å². The zero-order valence-electron chi connectivity index (χ0n) is 17.0. The van der Waals surface area contributed by atoms with Crippen LogP contribution in [-0.2, 0) is 4.79 Å². The number of hydrogen-bond donors (Lipinski definition) is 1. The third-order valence-corrected chi connectivity index (χ3v) is 4.18. The minimum absolute atomic E-state index is 0. The Morgan fingerprint density at radius 3 is 1.57 bits per heavy atom. The normalized spacial score (nSPS) is 10.8. The van der Waals surface area contributed by atoms with Gasteiger partial charge < -0.3 is 7.16 Å². The quantitative estimate of drug-likeness (QED) is 0.244. The van der Waals surface area contributed by atoms with Gasteiger partial charge in [-0.1, -0.05) is 83.3 Å². The zero-order valence-corrected chi connectivity index (χ0v) is 19.1. The smallest absolute Gasteiger partial charge is 1.00 e. The van der Waals surface area contributed by atoms with E-state index in [1.54, 1.807) is 0 Å². The van der Waals surface area contributed by atoms with E-state index in [0.29, 0.717) is 6.42 Å². The molecule has 0 aliphatic carbocycles. The van der Waals surface area contributed by atoms with Gasteiger partial charge >= 0.3 is 51.4 Å². The maximum atomic E-state index is 10.6. The molecule has 2 N–H and O–H groups in total. The summed E-state index contributed by atoms with van der Waals surface area (Å²) in [4.78, 5) is 10.6. The van der Waals surface area contributed by atoms with Crippen molar-refractivity contribution in [1.29, 1.82) is 0 Å². The number of carbonyl (C=O) groups is 1. The molecule has 23 heavy (non-hydrogen) atoms. The fourth-order valence-corrected chi connectivity index (χ4v) is 2.72. The van der Waals surface area contributed by atoms with Crippen molar-refractivity contribution in [1.82, 2.24) is 0 Å². The van der Waals surface area contributed by atoms with Crippen molar-refractivity contribution >= 4 is 5.91 Å². The van der Waals surface area contributed by atoms with Gasteiger partial charge in [-0.25, -0.2) is 0 Å². The van der Waals surface area contributed by atoms with E-state index in [0.717, 1.165) is 12.8 Å². The van der Waals surface area contributed by atoms with Gasteiger partial charge in [-0.2, -0.15) is 0 Å². The molecule has 0 heterocycles. The molecule has 3 heteroatoms. The molecule has 132 valence electrons. The van der Waals surface area contributed by atoms with E-state index in [9.17, 15) is 4.79 Å². The number of unbranched alkanes of at least 4 members (excludes halogenated alkanes) is 13. The molecule has 0 spiro atoms. The number of carbonyl (C=O) groups excluding carboxylic acids is 1. The van der Waals surface area contributed by atoms with Crippen molar-refractivity contribution in [2.75, 3.05) is 0 Å². The standard InChI is InChI=1S/C20H39NO.K.H/c1-2-3-4-5-6-7-8-9-10-11-12-13-14-15-16-17-18-19-20(21)22;;/h9-10H,2-8,11-19H2,1H3,(H2,21,22);;/q;+1;-1/b10-9-;;. The Kier molecular flexibility index (Phi) is 25.9. The molecule has 0 unspecified atom stereocenters. The molecule has 1 amide bonds. The van der Waals surface area contributed by atoms with Crippen LogP contribution in [0.3, 0.4) is 0 Å². The maximum absolute atomic E-state index is 10.6. The Bertz CT molecular complexity index is 272. The van der Waals surface area contributed by atoms with E-state index in [-0.39, 0.29) is 58.7 Å². The van der Waals surface area contributed by atoms with Gasteiger partial charge in [0.05, 0.1) is 0 Å². The summed E-state index contributed by atoms with van der Waals surface area (Å²) in [6.45, 7) is 2.27. The Morgan fingerprint density at radius 1 is 0.739 bits per heavy atom. The summed E-state index contributed by atoms with van der Waals surface area (Å²) in [6, 6.07) is 0. The SMILES string of the molecule is CCCCCCCC/C=C\CCCCCCCCCC(N)=O.[H-].[K+]. The van der Waals surface area contributed by atoms with Gasteiger partial charge in [-0.3, -0.25) is 4.79 Å². The summed E-state index contributed by atoms with van der Waals surface area (Å²) in [7, 11) is 0. The monoisotopic (exact) mass is 349 g/mol. The Hall–Kier alpha value is 0.846. The second kappa shape index (κ2) is 22.8. The van der Waals surface area contributed by atoms with E-state index in [2.05, 4.69) is 19.1 Å². The summed E-state index contributed by atoms with van der Waals surface area (Å²) in [6.07, 6.45) is 24.9. The first-order valence-electron chi connectivity index (χ1n) is 9.70. The second-order valence-corrected chi connectivity index (χ2v) is 6.51. The zero-order chi connectivity index (χ0) is 16.3. The number of allylic oxidation sites excluding steroid dienone is 2. The van der Waals surface area contributed by atoms with Crippen molar-refractivity contribution in [3.8, 4) is 0 Å². The van der Waals surface area contributed by atoms with Gasteiger partial charge in [-0.15, -0.1) is 0 Å². The van der Waals surface area contributed by atoms with Crippen LogP contribution < -0.4 is 57.1 Å². The Labute approximate surface area is 189 Å². The number of hydrogen-bond acceptors (Lipinski definition) is 1. The molecule has 0 saturated carbocycles. The molecule has 0 aromatic heterocycles. The third-order valence-electron chi connectivity index (χ3n) is 4.18. The molecule has 0 atom stereocenters. The summed E-state index contributed by atoms with van der Waals surface area (Å²) >= 11 is 0. The third kappa shape index (κ3) is 25.2. The molecule has 2 nitrogen and oxygen atoms in total. The van der Waals surface area contributed by atoms with Crippen LogP contribution in [0.2, 0.25) is 0 Å². The molecule has 0 bridgehead atoms. The van der Waals surface area contributed by atoms with Crippen LogP contribution in [0.15, 0.2) is 12.2 Å². The van der Waals surface area contributed by atoms with Crippen LogP contribution in [0.5, 0.6) is 0 Å². The Morgan fingerprint density at radius 2 is 1.13 bits per heavy atom. The fourth-order valence-electron chi connectivity index (χ4n) is 2.72.